The van der Waals surface area contributed by atoms with Gasteiger partial charge in [-0.3, -0.25) is 14.5 Å². The summed E-state index contributed by atoms with van der Waals surface area (Å²) in [4.78, 5) is 28.7. The monoisotopic (exact) mass is 658 g/mol. The molecule has 46 heavy (non-hydrogen) atoms. The van der Waals surface area contributed by atoms with E-state index in [1.807, 2.05) is 4.90 Å². The third kappa shape index (κ3) is 21.4. The van der Waals surface area contributed by atoms with E-state index in [4.69, 9.17) is 10.2 Å². The van der Waals surface area contributed by atoms with Crippen molar-refractivity contribution >= 4 is 11.8 Å². The Hall–Kier alpha value is -1.52. The molecule has 0 aliphatic carbocycles. The summed E-state index contributed by atoms with van der Waals surface area (Å²) in [6.45, 7) is 17.8. The Morgan fingerprint density at radius 3 is 1.46 bits per heavy atom. The topological polar surface area (TPSA) is 134 Å². The van der Waals surface area contributed by atoms with Crippen molar-refractivity contribution in [2.45, 2.75) is 168 Å². The predicted molar refractivity (Wildman–Crippen MR) is 192 cm³/mol. The maximum atomic E-state index is 12.6. The average Bonchev–Trinajstić information content (AvgIpc) is 3.04. The molecule has 0 unspecified atom stereocenters. The van der Waals surface area contributed by atoms with Crippen LogP contribution < -0.4 is 5.32 Å². The number of carbonyl (C=O) groups excluding carboxylic acids is 2. The molecule has 0 aromatic heterocycles. The third-order valence-electron chi connectivity index (χ3n) is 8.73. The fraction of sp³-hybridized carbons (Fsp3) is 0.892. The fourth-order valence-corrected chi connectivity index (χ4v) is 5.93. The van der Waals surface area contributed by atoms with Crippen molar-refractivity contribution in [3.05, 3.63) is 12.2 Å². The molecular weight excluding hydrogens is 582 g/mol. The van der Waals surface area contributed by atoms with Gasteiger partial charge in [-0.05, 0) is 52.0 Å². The molecule has 0 bridgehead atoms. The number of nitrogens with one attached hydrogen (secondary N) is 1. The van der Waals surface area contributed by atoms with Gasteiger partial charge in [0.15, 0.2) is 0 Å². The molecule has 0 atom stereocenters. The van der Waals surface area contributed by atoms with Crippen molar-refractivity contribution < 1.29 is 30.0 Å². The lowest BCUT2D eigenvalue weighted by molar-refractivity contribution is -0.135. The highest BCUT2D eigenvalue weighted by atomic mass is 16.3. The molecule has 0 spiro atoms. The normalized spacial score (nSPS) is 11.6. The molecule has 5 N–H and O–H groups in total. The lowest BCUT2D eigenvalue weighted by atomic mass is 9.82. The molecule has 0 radical (unpaired) electrons. The van der Waals surface area contributed by atoms with Crippen LogP contribution in [0, 0.1) is 0 Å². The summed E-state index contributed by atoms with van der Waals surface area (Å²) in [7, 11) is 0. The first kappa shape index (κ1) is 46.6. The zero-order chi connectivity index (χ0) is 35.2. The van der Waals surface area contributed by atoms with E-state index in [9.17, 15) is 19.8 Å². The second kappa shape index (κ2) is 30.8. The summed E-state index contributed by atoms with van der Waals surface area (Å²) in [5, 5.41) is 40.4. The highest BCUT2D eigenvalue weighted by Gasteiger charge is 2.31. The van der Waals surface area contributed by atoms with E-state index in [1.54, 1.807) is 11.8 Å². The largest absolute Gasteiger partial charge is 0.395 e. The van der Waals surface area contributed by atoms with Crippen molar-refractivity contribution in [1.82, 2.24) is 15.1 Å². The van der Waals surface area contributed by atoms with Gasteiger partial charge in [-0.15, -0.1) is 0 Å². The summed E-state index contributed by atoms with van der Waals surface area (Å²) in [6, 6.07) is -0.457. The quantitative estimate of drug-likeness (QED) is 0.0626. The van der Waals surface area contributed by atoms with Gasteiger partial charge < -0.3 is 30.6 Å². The predicted octanol–water partition coefficient (Wildman–Crippen LogP) is 5.97. The molecule has 0 aliphatic rings. The number of rotatable bonds is 29. The summed E-state index contributed by atoms with van der Waals surface area (Å²) in [5.41, 5.74) is 0.421. The highest BCUT2D eigenvalue weighted by molar-refractivity contribution is 5.92. The molecule has 0 saturated carbocycles. The van der Waals surface area contributed by atoms with Crippen LogP contribution in [-0.2, 0) is 9.59 Å². The minimum absolute atomic E-state index is 0.0327. The number of nitrogens with zero attached hydrogens (tertiary/aromatic N) is 2. The van der Waals surface area contributed by atoms with Gasteiger partial charge in [-0.25, -0.2) is 0 Å². The standard InChI is InChI=1S/C21H44N2O3.C16H31NO3/c1-4-7-12-21(13-8-5-2,14-9-6-3)22-20(26)11-10-15-23(16-18-24)17-19-25;1-5-7-9-14(10-8-6-2)17(15(11-18)12-19)16(20)13(3)4/h24-25H,4-19H2,1-3H3,(H,22,26);14-15,18-19H,3,5-12H2,1-2,4H3. The number of hydrogen-bond acceptors (Lipinski definition) is 7. The molecule has 0 saturated heterocycles. The van der Waals surface area contributed by atoms with E-state index in [2.05, 4.69) is 46.5 Å². The van der Waals surface area contributed by atoms with Crippen LogP contribution in [0.1, 0.15) is 151 Å². The van der Waals surface area contributed by atoms with Gasteiger partial charge in [0, 0.05) is 36.7 Å². The van der Waals surface area contributed by atoms with Crippen molar-refractivity contribution in [2.24, 2.45) is 0 Å². The third-order valence-corrected chi connectivity index (χ3v) is 8.73. The Kier molecular flexibility index (Phi) is 31.2. The van der Waals surface area contributed by atoms with Crippen molar-refractivity contribution in [2.75, 3.05) is 46.1 Å². The van der Waals surface area contributed by atoms with E-state index < -0.39 is 6.04 Å². The molecule has 0 heterocycles. The molecule has 9 nitrogen and oxygen atoms in total. The maximum Gasteiger partial charge on any atom is 0.249 e. The number of aliphatic hydroxyl groups excluding tert-OH is 4. The van der Waals surface area contributed by atoms with Gasteiger partial charge in [-0.2, -0.15) is 0 Å². The second-order valence-corrected chi connectivity index (χ2v) is 13.0. The van der Waals surface area contributed by atoms with Crippen molar-refractivity contribution in [3.63, 3.8) is 0 Å². The summed E-state index contributed by atoms with van der Waals surface area (Å²) in [5.74, 6) is -0.00318. The minimum Gasteiger partial charge on any atom is -0.395 e. The first-order valence-corrected chi connectivity index (χ1v) is 18.5. The van der Waals surface area contributed by atoms with Crippen LogP contribution in [0.15, 0.2) is 12.2 Å². The lowest BCUT2D eigenvalue weighted by Gasteiger charge is -2.37. The molecule has 2 amide bonds. The van der Waals surface area contributed by atoms with Crippen LogP contribution in [0.2, 0.25) is 0 Å². The van der Waals surface area contributed by atoms with Crippen LogP contribution in [0.3, 0.4) is 0 Å². The zero-order valence-corrected chi connectivity index (χ0v) is 30.8. The molecule has 0 aliphatic heterocycles. The molecule has 0 aromatic rings. The van der Waals surface area contributed by atoms with Gasteiger partial charge in [0.25, 0.3) is 0 Å². The van der Waals surface area contributed by atoms with Gasteiger partial charge in [-0.1, -0.05) is 105 Å². The summed E-state index contributed by atoms with van der Waals surface area (Å²) >= 11 is 0. The van der Waals surface area contributed by atoms with Crippen molar-refractivity contribution in [3.8, 4) is 0 Å². The van der Waals surface area contributed by atoms with E-state index in [-0.39, 0.29) is 49.8 Å². The number of aliphatic hydroxyl groups is 4. The number of carbonyl (C=O) groups is 2. The number of hydrogen-bond donors (Lipinski definition) is 5. The Labute approximate surface area is 283 Å². The fourth-order valence-electron chi connectivity index (χ4n) is 5.93. The average molecular weight is 658 g/mol. The maximum absolute atomic E-state index is 12.6. The first-order chi connectivity index (χ1) is 22.1. The Balaban J connectivity index is 0. The van der Waals surface area contributed by atoms with Gasteiger partial charge in [0.1, 0.15) is 0 Å². The molecule has 274 valence electrons. The van der Waals surface area contributed by atoms with E-state index in [0.29, 0.717) is 25.1 Å². The highest BCUT2D eigenvalue weighted by Crippen LogP contribution is 2.28. The molecule has 9 heteroatoms. The van der Waals surface area contributed by atoms with Crippen LogP contribution >= 0.6 is 0 Å². The van der Waals surface area contributed by atoms with Gasteiger partial charge in [0.2, 0.25) is 11.8 Å². The Morgan fingerprint density at radius 1 is 0.674 bits per heavy atom. The smallest absolute Gasteiger partial charge is 0.249 e. The minimum atomic E-state index is -0.530. The second-order valence-electron chi connectivity index (χ2n) is 13.0. The Bertz CT molecular complexity index is 711. The lowest BCUT2D eigenvalue weighted by Crippen LogP contribution is -2.50. The summed E-state index contributed by atoms with van der Waals surface area (Å²) in [6.07, 6.45) is 17.5. The van der Waals surface area contributed by atoms with E-state index >= 15 is 0 Å². The first-order valence-electron chi connectivity index (χ1n) is 18.5. The number of unbranched alkanes of at least 4 members (excludes halogenated alkanes) is 5. The van der Waals surface area contributed by atoms with Crippen LogP contribution in [0.25, 0.3) is 0 Å². The summed E-state index contributed by atoms with van der Waals surface area (Å²) < 4.78 is 0. The van der Waals surface area contributed by atoms with Crippen LogP contribution in [0.5, 0.6) is 0 Å². The van der Waals surface area contributed by atoms with Gasteiger partial charge in [0.05, 0.1) is 32.5 Å². The van der Waals surface area contributed by atoms with Crippen molar-refractivity contribution in [1.29, 1.82) is 0 Å². The van der Waals surface area contributed by atoms with Crippen LogP contribution in [-0.4, -0.2) is 106 Å². The number of amides is 2. The van der Waals surface area contributed by atoms with Gasteiger partial charge >= 0.3 is 0 Å². The van der Waals surface area contributed by atoms with E-state index in [0.717, 1.165) is 109 Å². The molecule has 0 aromatic carbocycles. The Morgan fingerprint density at radius 2 is 1.11 bits per heavy atom. The van der Waals surface area contributed by atoms with Crippen LogP contribution in [0.4, 0.5) is 0 Å². The molecular formula is C37H75N3O6. The molecule has 0 rings (SSSR count). The SMILES string of the molecule is C=C(C)C(=O)N(C(CO)CO)C(CCCC)CCCC.CCCCC(CCCC)(CCCC)NC(=O)CCCN(CCO)CCO. The molecule has 0 fully saturated rings. The zero-order valence-electron chi connectivity index (χ0n) is 30.8. The van der Waals surface area contributed by atoms with E-state index in [1.165, 1.54) is 0 Å².